The number of aromatic nitrogens is 3. The van der Waals surface area contributed by atoms with Crippen LogP contribution < -0.4 is 10.6 Å². The molecule has 0 atom stereocenters. The van der Waals surface area contributed by atoms with Crippen molar-refractivity contribution >= 4 is 5.96 Å². The molecule has 2 aromatic heterocycles. The fraction of sp³-hybridized carbons (Fsp3) is 0.667. The summed E-state index contributed by atoms with van der Waals surface area (Å²) in [6, 6.07) is 3.68. The molecule has 2 aromatic rings. The van der Waals surface area contributed by atoms with Gasteiger partial charge in [-0.15, -0.1) is 5.10 Å². The van der Waals surface area contributed by atoms with Gasteiger partial charge in [0, 0.05) is 19.1 Å². The zero-order valence-corrected chi connectivity index (χ0v) is 17.4. The molecular weight excluding hydrogens is 366 g/mol. The van der Waals surface area contributed by atoms with Gasteiger partial charge in [0.15, 0.2) is 11.7 Å². The van der Waals surface area contributed by atoms with Crippen molar-refractivity contribution in [3.8, 4) is 11.6 Å². The molecule has 0 aromatic carbocycles. The molecule has 0 unspecified atom stereocenters. The molecule has 2 fully saturated rings. The van der Waals surface area contributed by atoms with Crippen LogP contribution in [0.25, 0.3) is 11.6 Å². The van der Waals surface area contributed by atoms with Gasteiger partial charge >= 0.3 is 0 Å². The van der Waals surface area contributed by atoms with E-state index in [-0.39, 0.29) is 5.54 Å². The van der Waals surface area contributed by atoms with E-state index in [2.05, 4.69) is 35.7 Å². The Kier molecular flexibility index (Phi) is 6.49. The van der Waals surface area contributed by atoms with E-state index in [0.29, 0.717) is 18.1 Å². The summed E-state index contributed by atoms with van der Waals surface area (Å²) in [7, 11) is 1.82. The highest BCUT2D eigenvalue weighted by Crippen LogP contribution is 2.35. The van der Waals surface area contributed by atoms with Crippen LogP contribution in [0.5, 0.6) is 0 Å². The molecule has 0 amide bonds. The number of hydrogen-bond donors (Lipinski definition) is 3. The quantitative estimate of drug-likeness (QED) is 0.511. The van der Waals surface area contributed by atoms with Gasteiger partial charge in [0.1, 0.15) is 5.82 Å². The van der Waals surface area contributed by atoms with Crippen molar-refractivity contribution < 1.29 is 4.42 Å². The minimum absolute atomic E-state index is 0.273. The first-order valence-electron chi connectivity index (χ1n) is 10.9. The average Bonchev–Trinajstić information content (AvgIpc) is 3.47. The smallest absolute Gasteiger partial charge is 0.216 e. The summed E-state index contributed by atoms with van der Waals surface area (Å²) in [6.45, 7) is 3.95. The molecule has 1 saturated heterocycles. The van der Waals surface area contributed by atoms with E-state index in [1.807, 2.05) is 19.2 Å². The summed E-state index contributed by atoms with van der Waals surface area (Å²) >= 11 is 0. The standard InChI is InChI=1S/C21H33N7O/c1-22-20(23-15-18-25-19(27-26-18)17-9-8-14-29-17)24-16-21(10-4-2-5-11-21)28-12-6-3-7-13-28/h8-9,14H,2-7,10-13,15-16H2,1H3,(H2,22,23,24)(H,25,26,27). The highest BCUT2D eigenvalue weighted by Gasteiger charge is 2.38. The Morgan fingerprint density at radius 2 is 1.97 bits per heavy atom. The van der Waals surface area contributed by atoms with E-state index in [1.165, 1.54) is 64.5 Å². The number of hydrogen-bond acceptors (Lipinski definition) is 5. The third-order valence-electron chi connectivity index (χ3n) is 6.32. The number of H-pyrrole nitrogens is 1. The summed E-state index contributed by atoms with van der Waals surface area (Å²) in [4.78, 5) is 11.6. The molecule has 29 heavy (non-hydrogen) atoms. The number of aromatic amines is 1. The molecule has 0 bridgehead atoms. The molecule has 1 aliphatic heterocycles. The number of rotatable bonds is 6. The molecule has 158 valence electrons. The van der Waals surface area contributed by atoms with Crippen LogP contribution in [0.2, 0.25) is 0 Å². The maximum Gasteiger partial charge on any atom is 0.216 e. The third kappa shape index (κ3) is 4.80. The Labute approximate surface area is 172 Å². The van der Waals surface area contributed by atoms with Crippen LogP contribution in [0.4, 0.5) is 0 Å². The molecule has 3 heterocycles. The zero-order valence-electron chi connectivity index (χ0n) is 17.4. The molecular formula is C21H33N7O. The number of likely N-dealkylation sites (tertiary alicyclic amines) is 1. The largest absolute Gasteiger partial charge is 0.461 e. The zero-order chi connectivity index (χ0) is 19.9. The third-order valence-corrected chi connectivity index (χ3v) is 6.32. The second-order valence-corrected chi connectivity index (χ2v) is 8.20. The van der Waals surface area contributed by atoms with Crippen LogP contribution in [0.3, 0.4) is 0 Å². The molecule has 1 aliphatic carbocycles. The Bertz CT molecular complexity index is 771. The number of nitrogens with one attached hydrogen (secondary N) is 3. The van der Waals surface area contributed by atoms with Gasteiger partial charge in [-0.2, -0.15) is 0 Å². The van der Waals surface area contributed by atoms with Gasteiger partial charge in [-0.1, -0.05) is 25.7 Å². The minimum Gasteiger partial charge on any atom is -0.461 e. The SMILES string of the molecule is CN=C(NCc1nc(-c2ccco2)n[nH]1)NCC1(N2CCCCC2)CCCCC1. The Balaban J connectivity index is 1.33. The van der Waals surface area contributed by atoms with Gasteiger partial charge in [-0.3, -0.25) is 15.0 Å². The first-order valence-corrected chi connectivity index (χ1v) is 10.9. The molecule has 2 aliphatic rings. The van der Waals surface area contributed by atoms with E-state index in [9.17, 15) is 0 Å². The van der Waals surface area contributed by atoms with Gasteiger partial charge < -0.3 is 15.1 Å². The number of nitrogens with zero attached hydrogens (tertiary/aromatic N) is 4. The fourth-order valence-corrected chi connectivity index (χ4v) is 4.71. The number of guanidine groups is 1. The summed E-state index contributed by atoms with van der Waals surface area (Å²) in [5.74, 6) is 2.79. The average molecular weight is 400 g/mol. The Morgan fingerprint density at radius 1 is 1.17 bits per heavy atom. The van der Waals surface area contributed by atoms with Gasteiger partial charge in [0.25, 0.3) is 0 Å². The van der Waals surface area contributed by atoms with Crippen molar-refractivity contribution in [2.24, 2.45) is 4.99 Å². The lowest BCUT2D eigenvalue weighted by Crippen LogP contribution is -2.59. The lowest BCUT2D eigenvalue weighted by Gasteiger charge is -2.48. The highest BCUT2D eigenvalue weighted by atomic mass is 16.3. The maximum absolute atomic E-state index is 5.35. The highest BCUT2D eigenvalue weighted by molar-refractivity contribution is 5.79. The predicted octanol–water partition coefficient (Wildman–Crippen LogP) is 2.92. The van der Waals surface area contributed by atoms with Crippen LogP contribution >= 0.6 is 0 Å². The van der Waals surface area contributed by atoms with E-state index >= 15 is 0 Å². The van der Waals surface area contributed by atoms with E-state index in [0.717, 1.165) is 18.3 Å². The number of piperidine rings is 1. The molecule has 8 heteroatoms. The van der Waals surface area contributed by atoms with Crippen LogP contribution in [0.1, 0.15) is 57.2 Å². The summed E-state index contributed by atoms with van der Waals surface area (Å²) in [5, 5.41) is 14.1. The predicted molar refractivity (Wildman–Crippen MR) is 114 cm³/mol. The molecule has 4 rings (SSSR count). The molecule has 8 nitrogen and oxygen atoms in total. The first kappa shape index (κ1) is 19.9. The second-order valence-electron chi connectivity index (χ2n) is 8.20. The lowest BCUT2D eigenvalue weighted by atomic mass is 9.79. The lowest BCUT2D eigenvalue weighted by molar-refractivity contribution is 0.0368. The van der Waals surface area contributed by atoms with E-state index in [4.69, 9.17) is 4.42 Å². The minimum atomic E-state index is 0.273. The van der Waals surface area contributed by atoms with Crippen molar-refractivity contribution in [3.05, 3.63) is 24.2 Å². The van der Waals surface area contributed by atoms with Gasteiger partial charge in [0.05, 0.1) is 12.8 Å². The normalized spacial score (nSPS) is 20.5. The summed E-state index contributed by atoms with van der Waals surface area (Å²) in [6.07, 6.45) is 12.3. The fourth-order valence-electron chi connectivity index (χ4n) is 4.71. The first-order chi connectivity index (χ1) is 14.3. The molecule has 3 N–H and O–H groups in total. The van der Waals surface area contributed by atoms with Crippen LogP contribution in [-0.4, -0.2) is 58.3 Å². The Hall–Kier alpha value is -2.35. The van der Waals surface area contributed by atoms with Crippen LogP contribution in [0.15, 0.2) is 27.8 Å². The van der Waals surface area contributed by atoms with Crippen molar-refractivity contribution in [1.29, 1.82) is 0 Å². The van der Waals surface area contributed by atoms with Gasteiger partial charge in [-0.25, -0.2) is 4.98 Å². The summed E-state index contributed by atoms with van der Waals surface area (Å²) < 4.78 is 5.35. The summed E-state index contributed by atoms with van der Waals surface area (Å²) in [5.41, 5.74) is 0.273. The molecule has 0 spiro atoms. The van der Waals surface area contributed by atoms with Crippen molar-refractivity contribution in [2.45, 2.75) is 63.5 Å². The van der Waals surface area contributed by atoms with Crippen LogP contribution in [-0.2, 0) is 6.54 Å². The van der Waals surface area contributed by atoms with Crippen LogP contribution in [0, 0.1) is 0 Å². The van der Waals surface area contributed by atoms with E-state index in [1.54, 1.807) is 6.26 Å². The second kappa shape index (κ2) is 9.43. The Morgan fingerprint density at radius 3 is 2.69 bits per heavy atom. The topological polar surface area (TPSA) is 94.4 Å². The van der Waals surface area contributed by atoms with Gasteiger partial charge in [0.2, 0.25) is 5.82 Å². The number of furan rings is 1. The van der Waals surface area contributed by atoms with Gasteiger partial charge in [-0.05, 0) is 50.9 Å². The van der Waals surface area contributed by atoms with E-state index < -0.39 is 0 Å². The number of aliphatic imine (C=N–C) groups is 1. The molecule has 1 saturated carbocycles. The van der Waals surface area contributed by atoms with Crippen molar-refractivity contribution in [3.63, 3.8) is 0 Å². The van der Waals surface area contributed by atoms with Crippen molar-refractivity contribution in [1.82, 2.24) is 30.7 Å². The van der Waals surface area contributed by atoms with Crippen molar-refractivity contribution in [2.75, 3.05) is 26.7 Å². The molecule has 0 radical (unpaired) electrons. The monoisotopic (exact) mass is 399 g/mol. The maximum atomic E-state index is 5.35.